The number of phosphoric acid groups is 1. The van der Waals surface area contributed by atoms with Crippen molar-refractivity contribution in [2.75, 3.05) is 13.2 Å². The molecule has 0 aliphatic rings. The van der Waals surface area contributed by atoms with E-state index in [1.54, 1.807) is 0 Å². The second-order valence-electron chi connectivity index (χ2n) is 11.5. The highest BCUT2D eigenvalue weighted by Gasteiger charge is 2.22. The number of hydrogen-bond acceptors (Lipinski definition) is 6. The van der Waals surface area contributed by atoms with Crippen LogP contribution < -0.4 is 0 Å². The van der Waals surface area contributed by atoms with Crippen LogP contribution in [0.4, 0.5) is 0 Å². The summed E-state index contributed by atoms with van der Waals surface area (Å²) in [5.74, 6) is -0.879. The van der Waals surface area contributed by atoms with E-state index in [0.29, 0.717) is 6.42 Å². The number of ether oxygens (including phenoxy) is 2. The van der Waals surface area contributed by atoms with Crippen LogP contribution in [-0.4, -0.2) is 41.0 Å². The van der Waals surface area contributed by atoms with Crippen LogP contribution in [0.1, 0.15) is 174 Å². The summed E-state index contributed by atoms with van der Waals surface area (Å²) in [7, 11) is -4.73. The van der Waals surface area contributed by atoms with E-state index in [0.717, 1.165) is 32.1 Å². The molecule has 0 saturated carbocycles. The molecule has 0 rings (SSSR count). The summed E-state index contributed by atoms with van der Waals surface area (Å²) in [4.78, 5) is 42.4. The van der Waals surface area contributed by atoms with Crippen molar-refractivity contribution in [3.8, 4) is 0 Å². The fourth-order valence-corrected chi connectivity index (χ4v) is 5.20. The van der Waals surface area contributed by atoms with Crippen molar-refractivity contribution in [1.29, 1.82) is 0 Å². The zero-order valence-corrected chi connectivity index (χ0v) is 27.4. The lowest BCUT2D eigenvalue weighted by Crippen LogP contribution is -2.29. The molecule has 0 radical (unpaired) electrons. The van der Waals surface area contributed by atoms with Crippen LogP contribution in [0.3, 0.4) is 0 Å². The van der Waals surface area contributed by atoms with Crippen molar-refractivity contribution in [3.63, 3.8) is 0 Å². The molecule has 0 aliphatic carbocycles. The molecule has 0 aliphatic heterocycles. The van der Waals surface area contributed by atoms with E-state index in [1.165, 1.54) is 109 Å². The predicted molar refractivity (Wildman–Crippen MR) is 166 cm³/mol. The molecule has 0 aromatic carbocycles. The highest BCUT2D eigenvalue weighted by molar-refractivity contribution is 7.46. The molecule has 0 aromatic rings. The topological polar surface area (TPSA) is 119 Å². The van der Waals surface area contributed by atoms with E-state index < -0.39 is 32.5 Å². The maximum absolute atomic E-state index is 12.3. The van der Waals surface area contributed by atoms with Crippen LogP contribution in [0.5, 0.6) is 0 Å². The second-order valence-corrected chi connectivity index (χ2v) is 12.7. The Morgan fingerprint density at radius 3 is 1.24 bits per heavy atom. The largest absolute Gasteiger partial charge is 0.469 e. The Labute approximate surface area is 251 Å². The van der Waals surface area contributed by atoms with Crippen molar-refractivity contribution in [3.05, 3.63) is 0 Å². The summed E-state index contributed by atoms with van der Waals surface area (Å²) < 4.78 is 26.2. The van der Waals surface area contributed by atoms with Gasteiger partial charge in [-0.25, -0.2) is 4.57 Å². The van der Waals surface area contributed by atoms with Gasteiger partial charge < -0.3 is 19.3 Å². The van der Waals surface area contributed by atoms with E-state index in [-0.39, 0.29) is 19.4 Å². The third-order valence-electron chi connectivity index (χ3n) is 7.38. The number of carbonyl (C=O) groups is 2. The number of unbranched alkanes of at least 4 members (excludes halogenated alkanes) is 21. The molecule has 0 saturated heterocycles. The average Bonchev–Trinajstić information content (AvgIpc) is 2.93. The third-order valence-corrected chi connectivity index (χ3v) is 7.86. The molecule has 0 bridgehead atoms. The monoisotopic (exact) mass is 606 g/mol. The van der Waals surface area contributed by atoms with Crippen LogP contribution in [0.25, 0.3) is 0 Å². The van der Waals surface area contributed by atoms with Crippen molar-refractivity contribution < 1.29 is 37.9 Å². The first-order valence-corrected chi connectivity index (χ1v) is 18.4. The van der Waals surface area contributed by atoms with E-state index in [9.17, 15) is 14.2 Å². The molecular formula is C32H63O8P. The molecule has 41 heavy (non-hydrogen) atoms. The Morgan fingerprint density at radius 2 is 0.878 bits per heavy atom. The van der Waals surface area contributed by atoms with E-state index in [1.807, 2.05) is 0 Å². The summed E-state index contributed by atoms with van der Waals surface area (Å²) in [6.45, 7) is 3.65. The maximum atomic E-state index is 12.3. The van der Waals surface area contributed by atoms with Crippen LogP contribution in [0, 0.1) is 0 Å². The third kappa shape index (κ3) is 31.8. The highest BCUT2D eigenvalue weighted by atomic mass is 31.2. The van der Waals surface area contributed by atoms with E-state index in [2.05, 4.69) is 18.4 Å². The maximum Gasteiger partial charge on any atom is 0.469 e. The van der Waals surface area contributed by atoms with Gasteiger partial charge in [0.15, 0.2) is 6.10 Å². The quantitative estimate of drug-likeness (QED) is 0.0455. The van der Waals surface area contributed by atoms with Gasteiger partial charge in [-0.3, -0.25) is 14.1 Å². The van der Waals surface area contributed by atoms with Gasteiger partial charge >= 0.3 is 19.8 Å². The molecule has 1 atom stereocenters. The molecule has 0 amide bonds. The predicted octanol–water partition coefficient (Wildman–Crippen LogP) is 9.34. The lowest BCUT2D eigenvalue weighted by molar-refractivity contribution is -0.161. The zero-order chi connectivity index (χ0) is 30.4. The van der Waals surface area contributed by atoms with Crippen molar-refractivity contribution in [2.45, 2.75) is 180 Å². The smallest absolute Gasteiger partial charge is 0.462 e. The SMILES string of the molecule is CCCCCCCCCCCCCCCCC(=O)O[C@H](COC(=O)CCCCCCCCCCC)COP(=O)(O)O. The van der Waals surface area contributed by atoms with Crippen LogP contribution >= 0.6 is 7.82 Å². The van der Waals surface area contributed by atoms with Gasteiger partial charge in [-0.1, -0.05) is 149 Å². The first-order valence-electron chi connectivity index (χ1n) is 16.8. The fraction of sp³-hybridized carbons (Fsp3) is 0.938. The van der Waals surface area contributed by atoms with E-state index in [4.69, 9.17) is 19.3 Å². The van der Waals surface area contributed by atoms with E-state index >= 15 is 0 Å². The normalized spacial score (nSPS) is 12.4. The van der Waals surface area contributed by atoms with Gasteiger partial charge in [0.05, 0.1) is 6.61 Å². The minimum absolute atomic E-state index is 0.219. The van der Waals surface area contributed by atoms with Gasteiger partial charge in [0, 0.05) is 12.8 Å². The van der Waals surface area contributed by atoms with Crippen molar-refractivity contribution in [1.82, 2.24) is 0 Å². The molecule has 9 heteroatoms. The van der Waals surface area contributed by atoms with Gasteiger partial charge in [-0.2, -0.15) is 0 Å². The Morgan fingerprint density at radius 1 is 0.537 bits per heavy atom. The molecule has 0 unspecified atom stereocenters. The summed E-state index contributed by atoms with van der Waals surface area (Å²) >= 11 is 0. The fourth-order valence-electron chi connectivity index (χ4n) is 4.84. The number of phosphoric ester groups is 1. The highest BCUT2D eigenvalue weighted by Crippen LogP contribution is 2.36. The van der Waals surface area contributed by atoms with Crippen LogP contribution in [0.2, 0.25) is 0 Å². The Hall–Kier alpha value is -0.950. The lowest BCUT2D eigenvalue weighted by Gasteiger charge is -2.18. The minimum Gasteiger partial charge on any atom is -0.462 e. The Kier molecular flexibility index (Phi) is 28.5. The molecule has 8 nitrogen and oxygen atoms in total. The van der Waals surface area contributed by atoms with Gasteiger partial charge in [0.25, 0.3) is 0 Å². The van der Waals surface area contributed by atoms with Crippen LogP contribution in [-0.2, 0) is 28.2 Å². The van der Waals surface area contributed by atoms with Crippen LogP contribution in [0.15, 0.2) is 0 Å². The molecule has 244 valence electrons. The summed E-state index contributed by atoms with van der Waals surface area (Å²) in [6, 6.07) is 0. The Balaban J connectivity index is 3.97. The molecule has 2 N–H and O–H groups in total. The van der Waals surface area contributed by atoms with Crippen molar-refractivity contribution in [2.24, 2.45) is 0 Å². The first kappa shape index (κ1) is 40.1. The van der Waals surface area contributed by atoms with Gasteiger partial charge in [0.1, 0.15) is 6.61 Å². The number of hydrogen-bond donors (Lipinski definition) is 2. The molecule has 0 spiro atoms. The first-order chi connectivity index (χ1) is 19.8. The standard InChI is InChI=1S/C32H63O8P/c1-3-5-7-9-11-13-14-15-16-17-19-21-23-25-27-32(34)40-30(29-39-41(35,36)37)28-38-31(33)26-24-22-20-18-12-10-8-6-4-2/h30H,3-29H2,1-2H3,(H2,35,36,37)/t30-/m1/s1. The number of carbonyl (C=O) groups excluding carboxylic acids is 2. The van der Waals surface area contributed by atoms with Crippen molar-refractivity contribution >= 4 is 19.8 Å². The zero-order valence-electron chi connectivity index (χ0n) is 26.5. The molecular weight excluding hydrogens is 543 g/mol. The Bertz CT molecular complexity index is 652. The number of rotatable bonds is 31. The van der Waals surface area contributed by atoms with Gasteiger partial charge in [-0.15, -0.1) is 0 Å². The minimum atomic E-state index is -4.73. The van der Waals surface area contributed by atoms with Gasteiger partial charge in [-0.05, 0) is 12.8 Å². The molecule has 0 aromatic heterocycles. The lowest BCUT2D eigenvalue weighted by atomic mass is 10.0. The number of esters is 2. The summed E-state index contributed by atoms with van der Waals surface area (Å²) in [5, 5.41) is 0. The molecule has 0 heterocycles. The van der Waals surface area contributed by atoms with Gasteiger partial charge in [0.2, 0.25) is 0 Å². The molecule has 0 fully saturated rings. The second kappa shape index (κ2) is 29.1. The summed E-state index contributed by atoms with van der Waals surface area (Å²) in [6.07, 6.45) is 26.9. The average molecular weight is 607 g/mol. The summed E-state index contributed by atoms with van der Waals surface area (Å²) in [5.41, 5.74) is 0.